The Bertz CT molecular complexity index is 2650. The van der Waals surface area contributed by atoms with Gasteiger partial charge in [-0.05, 0) is 87.3 Å². The van der Waals surface area contributed by atoms with Gasteiger partial charge in [-0.2, -0.15) is 4.98 Å². The van der Waals surface area contributed by atoms with Gasteiger partial charge in [-0.15, -0.1) is 0 Å². The Balaban J connectivity index is 0.757. The number of benzene rings is 2. The Morgan fingerprint density at radius 1 is 0.910 bits per heavy atom. The average molecular weight is 912 g/mol. The maximum atomic E-state index is 13.4. The maximum Gasteiger partial charge on any atom is 0.255 e. The molecule has 67 heavy (non-hydrogen) atoms. The highest BCUT2D eigenvalue weighted by Crippen LogP contribution is 2.34. The van der Waals surface area contributed by atoms with Gasteiger partial charge in [-0.25, -0.2) is 4.98 Å². The van der Waals surface area contributed by atoms with Crippen molar-refractivity contribution in [2.45, 2.75) is 128 Å². The number of amides is 5. The first-order valence-corrected chi connectivity index (χ1v) is 23.9. The first kappa shape index (κ1) is 46.8. The molecule has 0 radical (unpaired) electrons. The van der Waals surface area contributed by atoms with Crippen LogP contribution in [0.5, 0.6) is 5.75 Å². The van der Waals surface area contributed by atoms with E-state index in [0.717, 1.165) is 92.0 Å². The number of anilines is 3. The summed E-state index contributed by atoms with van der Waals surface area (Å²) in [6.07, 6.45) is 12.1. The van der Waals surface area contributed by atoms with E-state index in [2.05, 4.69) is 37.7 Å². The third-order valence-electron chi connectivity index (χ3n) is 13.6. The number of carbonyl (C=O) groups excluding carboxylic acids is 5. The van der Waals surface area contributed by atoms with Crippen LogP contribution in [-0.4, -0.2) is 99.2 Å². The number of carbonyl (C=O) groups is 5. The molecule has 5 heterocycles. The minimum absolute atomic E-state index is 0.0296. The Labute approximate surface area is 391 Å². The molecule has 8 rings (SSSR count). The van der Waals surface area contributed by atoms with Crippen LogP contribution in [0.25, 0.3) is 11.0 Å². The van der Waals surface area contributed by atoms with E-state index in [-0.39, 0.29) is 47.7 Å². The van der Waals surface area contributed by atoms with Crippen LogP contribution in [0.4, 0.5) is 17.3 Å². The Hall–Kier alpha value is -6.76. The normalized spacial score (nSPS) is 19.4. The molecule has 1 saturated carbocycles. The predicted molar refractivity (Wildman–Crippen MR) is 255 cm³/mol. The number of piperidine rings is 1. The largest absolute Gasteiger partial charge is 0.494 e. The van der Waals surface area contributed by atoms with Gasteiger partial charge in [-0.3, -0.25) is 38.7 Å². The van der Waals surface area contributed by atoms with Crippen LogP contribution in [0, 0.1) is 18.8 Å². The summed E-state index contributed by atoms with van der Waals surface area (Å²) in [5.74, 6) is 6.73. The maximum absolute atomic E-state index is 13.4. The van der Waals surface area contributed by atoms with Crippen LogP contribution in [0.2, 0.25) is 0 Å². The third kappa shape index (κ3) is 10.9. The van der Waals surface area contributed by atoms with Crippen molar-refractivity contribution < 1.29 is 28.7 Å². The number of pyridine rings is 1. The van der Waals surface area contributed by atoms with E-state index in [4.69, 9.17) is 9.72 Å². The van der Waals surface area contributed by atoms with E-state index in [0.29, 0.717) is 80.6 Å². The van der Waals surface area contributed by atoms with Gasteiger partial charge in [0.15, 0.2) is 0 Å². The van der Waals surface area contributed by atoms with Gasteiger partial charge in [-0.1, -0.05) is 44.1 Å². The fourth-order valence-corrected chi connectivity index (χ4v) is 9.78. The summed E-state index contributed by atoms with van der Waals surface area (Å²) in [6.45, 7) is 6.83. The number of aryl methyl sites for hydroxylation is 1. The lowest BCUT2D eigenvalue weighted by Gasteiger charge is -2.36. The van der Waals surface area contributed by atoms with Crippen molar-refractivity contribution in [3.05, 3.63) is 81.3 Å². The molecular formula is C51H61N9O7. The van der Waals surface area contributed by atoms with Gasteiger partial charge in [0.1, 0.15) is 17.4 Å². The molecule has 1 atom stereocenters. The summed E-state index contributed by atoms with van der Waals surface area (Å²) in [7, 11) is 1.63. The van der Waals surface area contributed by atoms with Crippen LogP contribution in [0.3, 0.4) is 0 Å². The molecule has 3 fully saturated rings. The van der Waals surface area contributed by atoms with Gasteiger partial charge in [0, 0.05) is 111 Å². The number of unbranched alkanes of at least 4 members (excludes halogenated alkanes) is 5. The lowest BCUT2D eigenvalue weighted by molar-refractivity contribution is -0.137. The monoisotopic (exact) mass is 911 g/mol. The van der Waals surface area contributed by atoms with Gasteiger partial charge in [0.2, 0.25) is 29.6 Å². The molecule has 0 bridgehead atoms. The highest BCUT2D eigenvalue weighted by molar-refractivity contribution is 6.05. The molecule has 2 saturated heterocycles. The second kappa shape index (κ2) is 21.3. The topological polar surface area (TPSA) is 188 Å². The number of imide groups is 1. The lowest BCUT2D eigenvalue weighted by Crippen LogP contribution is -2.52. The highest BCUT2D eigenvalue weighted by Gasteiger charge is 2.39. The lowest BCUT2D eigenvalue weighted by atomic mass is 9.90. The number of fused-ring (bicyclic) bond motifs is 2. The van der Waals surface area contributed by atoms with Crippen molar-refractivity contribution in [3.8, 4) is 17.6 Å². The second-order valence-corrected chi connectivity index (χ2v) is 18.1. The fourth-order valence-electron chi connectivity index (χ4n) is 9.78. The van der Waals surface area contributed by atoms with Crippen LogP contribution < -0.4 is 31.1 Å². The first-order chi connectivity index (χ1) is 32.5. The van der Waals surface area contributed by atoms with Gasteiger partial charge >= 0.3 is 0 Å². The number of methoxy groups -OCH3 is 1. The zero-order valence-electron chi connectivity index (χ0n) is 38.8. The quantitative estimate of drug-likeness (QED) is 0.0716. The number of ether oxygens (including phenoxy) is 1. The summed E-state index contributed by atoms with van der Waals surface area (Å²) in [6, 6.07) is 12.7. The smallest absolute Gasteiger partial charge is 0.255 e. The molecule has 1 aliphatic carbocycles. The van der Waals surface area contributed by atoms with E-state index in [1.54, 1.807) is 34.9 Å². The number of aromatic nitrogens is 3. The molecule has 4 aromatic rings. The van der Waals surface area contributed by atoms with E-state index in [9.17, 15) is 28.8 Å². The zero-order chi connectivity index (χ0) is 47.0. The summed E-state index contributed by atoms with van der Waals surface area (Å²) in [5.41, 5.74) is 5.21. The van der Waals surface area contributed by atoms with Crippen LogP contribution in [0.15, 0.2) is 53.5 Å². The molecule has 16 nitrogen and oxygen atoms in total. The molecule has 3 N–H and O–H groups in total. The van der Waals surface area contributed by atoms with Crippen molar-refractivity contribution in [3.63, 3.8) is 0 Å². The number of hydrogen-bond donors (Lipinski definition) is 3. The van der Waals surface area contributed by atoms with E-state index in [1.165, 1.54) is 0 Å². The van der Waals surface area contributed by atoms with Crippen molar-refractivity contribution in [1.29, 1.82) is 0 Å². The summed E-state index contributed by atoms with van der Waals surface area (Å²) in [4.78, 5) is 90.8. The SMILES string of the molecule is CCC(=O)NC1CCC(n2c(=O)cc(C)c3cnc(Nc4ccc(N5CCN(C(=O)CCCCCCCC#Cc6ccc7c(c6)C(=O)N(C6CCC(=O)NC6=O)C7)CC5)cc4OC)nc32)CC1. The van der Waals surface area contributed by atoms with Crippen LogP contribution in [0.1, 0.15) is 130 Å². The molecule has 3 aliphatic heterocycles. The van der Waals surface area contributed by atoms with Gasteiger partial charge in [0.25, 0.3) is 11.5 Å². The van der Waals surface area contributed by atoms with Gasteiger partial charge < -0.3 is 30.1 Å². The molecule has 4 aliphatic rings. The summed E-state index contributed by atoms with van der Waals surface area (Å²) >= 11 is 0. The molecule has 1 unspecified atom stereocenters. The summed E-state index contributed by atoms with van der Waals surface area (Å²) in [5, 5.41) is 9.58. The number of nitrogens with zero attached hydrogens (tertiary/aromatic N) is 6. The predicted octanol–water partition coefficient (Wildman–Crippen LogP) is 6.05. The van der Waals surface area contributed by atoms with Crippen LogP contribution >= 0.6 is 0 Å². The van der Waals surface area contributed by atoms with E-state index >= 15 is 0 Å². The molecular weight excluding hydrogens is 851 g/mol. The molecule has 5 amide bonds. The van der Waals surface area contributed by atoms with Gasteiger partial charge in [0.05, 0.1) is 12.8 Å². The Kier molecular flexibility index (Phi) is 14.8. The minimum atomic E-state index is -0.629. The van der Waals surface area contributed by atoms with Crippen molar-refractivity contribution in [2.75, 3.05) is 43.5 Å². The molecule has 0 spiro atoms. The zero-order valence-corrected chi connectivity index (χ0v) is 38.8. The number of piperazine rings is 1. The van der Waals surface area contributed by atoms with E-state index < -0.39 is 11.9 Å². The molecule has 352 valence electrons. The molecule has 2 aromatic carbocycles. The molecule has 2 aromatic heterocycles. The fraction of sp³-hybridized carbons (Fsp3) is 0.490. The van der Waals surface area contributed by atoms with Crippen molar-refractivity contribution >= 4 is 57.9 Å². The van der Waals surface area contributed by atoms with Crippen LogP contribution in [-0.2, 0) is 25.7 Å². The minimum Gasteiger partial charge on any atom is -0.494 e. The Morgan fingerprint density at radius 2 is 1.69 bits per heavy atom. The highest BCUT2D eigenvalue weighted by atomic mass is 16.5. The van der Waals surface area contributed by atoms with Crippen molar-refractivity contribution in [1.82, 2.24) is 35.0 Å². The average Bonchev–Trinajstić information content (AvgIpc) is 3.65. The third-order valence-corrected chi connectivity index (χ3v) is 13.6. The number of nitrogens with one attached hydrogen (secondary N) is 3. The Morgan fingerprint density at radius 3 is 2.45 bits per heavy atom. The van der Waals surface area contributed by atoms with Crippen molar-refractivity contribution in [2.24, 2.45) is 0 Å². The van der Waals surface area contributed by atoms with E-state index in [1.807, 2.05) is 49.1 Å². The standard InChI is InChI=1S/C51H61N9O7/c1-4-44(61)53-36-16-18-37(19-17-36)60-47(64)28-33(2)40-31-52-51(56-48(40)60)54-41-21-20-38(30-43(41)67-3)57-24-26-58(27-25-57)46(63)13-11-9-7-5-6-8-10-12-34-14-15-35-32-59(50(66)39(35)29-34)42-22-23-45(62)55-49(42)65/h14-15,20-21,28-31,36-37,42H,4-9,11,13,16-19,22-27,32H2,1-3H3,(H,53,61)(H,52,54,56)(H,55,62,65). The first-order valence-electron chi connectivity index (χ1n) is 23.9. The number of hydrogen-bond acceptors (Lipinski definition) is 11. The second-order valence-electron chi connectivity index (χ2n) is 18.1. The summed E-state index contributed by atoms with van der Waals surface area (Å²) < 4.78 is 7.62. The molecule has 16 heteroatoms. The number of rotatable bonds is 15.